The highest BCUT2D eigenvalue weighted by molar-refractivity contribution is 5.93. The van der Waals surface area contributed by atoms with Crippen LogP contribution in [0.2, 0.25) is 0 Å². The minimum atomic E-state index is -0.667. The predicted octanol–water partition coefficient (Wildman–Crippen LogP) is 1.17. The van der Waals surface area contributed by atoms with Gasteiger partial charge in [-0.25, -0.2) is 4.79 Å². The number of benzene rings is 1. The molecule has 2 N–H and O–H groups in total. The summed E-state index contributed by atoms with van der Waals surface area (Å²) in [6.45, 7) is 4.79. The molecule has 1 fully saturated rings. The summed E-state index contributed by atoms with van der Waals surface area (Å²) < 4.78 is 1.18. The second-order valence-corrected chi connectivity index (χ2v) is 7.10. The number of carbonyl (C=O) groups excluding carboxylic acids is 1. The summed E-state index contributed by atoms with van der Waals surface area (Å²) >= 11 is 0. The Kier molecular flexibility index (Phi) is 3.70. The third-order valence-corrected chi connectivity index (χ3v) is 5.14. The van der Waals surface area contributed by atoms with Gasteiger partial charge in [0.05, 0.1) is 0 Å². The van der Waals surface area contributed by atoms with Crippen molar-refractivity contribution in [2.45, 2.75) is 25.7 Å². The van der Waals surface area contributed by atoms with Crippen LogP contribution < -0.4 is 16.6 Å². The molecule has 2 aromatic rings. The zero-order valence-corrected chi connectivity index (χ0v) is 14.1. The van der Waals surface area contributed by atoms with E-state index in [1.54, 1.807) is 0 Å². The van der Waals surface area contributed by atoms with Gasteiger partial charge in [-0.15, -0.1) is 0 Å². The monoisotopic (exact) mass is 327 g/mol. The largest absolute Gasteiger partial charge is 0.351 e. The van der Waals surface area contributed by atoms with E-state index in [9.17, 15) is 14.4 Å². The molecule has 1 aliphatic rings. The summed E-state index contributed by atoms with van der Waals surface area (Å²) in [5, 5.41) is 2.87. The first-order chi connectivity index (χ1) is 11.3. The van der Waals surface area contributed by atoms with Crippen molar-refractivity contribution in [1.29, 1.82) is 0 Å². The highest BCUT2D eigenvalue weighted by Gasteiger charge is 2.61. The molecule has 0 aliphatic heterocycles. The van der Waals surface area contributed by atoms with Crippen molar-refractivity contribution in [3.05, 3.63) is 68.5 Å². The minimum absolute atomic E-state index is 0.0567. The molecular weight excluding hydrogens is 306 g/mol. The Labute approximate surface area is 139 Å². The lowest BCUT2D eigenvalue weighted by Gasteiger charge is -2.22. The van der Waals surface area contributed by atoms with Gasteiger partial charge in [-0.05, 0) is 17.4 Å². The molecule has 1 aromatic heterocycles. The lowest BCUT2D eigenvalue weighted by molar-refractivity contribution is 0.0945. The molecule has 126 valence electrons. The van der Waals surface area contributed by atoms with Crippen LogP contribution in [-0.2, 0) is 12.5 Å². The fraction of sp³-hybridized carbons (Fsp3) is 0.389. The number of nitrogens with zero attached hydrogens (tertiary/aromatic N) is 1. The average molecular weight is 327 g/mol. The van der Waals surface area contributed by atoms with Crippen molar-refractivity contribution >= 4 is 5.91 Å². The Morgan fingerprint density at radius 1 is 1.25 bits per heavy atom. The van der Waals surface area contributed by atoms with Crippen LogP contribution in [0, 0.1) is 5.41 Å². The molecule has 6 heteroatoms. The first kappa shape index (κ1) is 16.2. The summed E-state index contributed by atoms with van der Waals surface area (Å²) in [6, 6.07) is 10.1. The number of aryl methyl sites for hydroxylation is 1. The maximum atomic E-state index is 12.4. The number of H-pyrrole nitrogens is 1. The molecule has 1 atom stereocenters. The van der Waals surface area contributed by atoms with E-state index in [4.69, 9.17) is 0 Å². The zero-order chi connectivity index (χ0) is 17.5. The number of hydrogen-bond donors (Lipinski definition) is 2. The van der Waals surface area contributed by atoms with Crippen LogP contribution in [0.25, 0.3) is 0 Å². The molecule has 1 amide bonds. The SMILES string of the molecule is Cn1cc(C(=O)NCC2(c3ccccc3)CC2(C)C)c(=O)[nH]c1=O. The fourth-order valence-electron chi connectivity index (χ4n) is 3.42. The molecule has 1 heterocycles. The summed E-state index contributed by atoms with van der Waals surface area (Å²) in [6.07, 6.45) is 2.23. The number of carbonyl (C=O) groups is 1. The van der Waals surface area contributed by atoms with Crippen molar-refractivity contribution in [1.82, 2.24) is 14.9 Å². The van der Waals surface area contributed by atoms with E-state index in [1.807, 2.05) is 18.2 Å². The van der Waals surface area contributed by atoms with Gasteiger partial charge in [-0.1, -0.05) is 44.2 Å². The summed E-state index contributed by atoms with van der Waals surface area (Å²) in [4.78, 5) is 37.8. The number of aromatic nitrogens is 2. The van der Waals surface area contributed by atoms with E-state index in [1.165, 1.54) is 23.4 Å². The highest BCUT2D eigenvalue weighted by atomic mass is 16.2. The zero-order valence-electron chi connectivity index (χ0n) is 14.1. The van der Waals surface area contributed by atoms with Gasteiger partial charge in [0, 0.05) is 25.2 Å². The van der Waals surface area contributed by atoms with Gasteiger partial charge in [0.2, 0.25) is 0 Å². The number of amides is 1. The molecule has 1 aliphatic carbocycles. The van der Waals surface area contributed by atoms with Crippen molar-refractivity contribution in [2.24, 2.45) is 12.5 Å². The molecule has 0 spiro atoms. The Hall–Kier alpha value is -2.63. The predicted molar refractivity (Wildman–Crippen MR) is 91.2 cm³/mol. The smallest absolute Gasteiger partial charge is 0.328 e. The number of rotatable bonds is 4. The van der Waals surface area contributed by atoms with Gasteiger partial charge < -0.3 is 9.88 Å². The Balaban J connectivity index is 1.82. The highest BCUT2D eigenvalue weighted by Crippen LogP contribution is 2.63. The van der Waals surface area contributed by atoms with Gasteiger partial charge in [-0.2, -0.15) is 0 Å². The van der Waals surface area contributed by atoms with Crippen LogP contribution in [-0.4, -0.2) is 22.0 Å². The third-order valence-electron chi connectivity index (χ3n) is 5.14. The Morgan fingerprint density at radius 2 is 1.88 bits per heavy atom. The van der Waals surface area contributed by atoms with E-state index in [0.717, 1.165) is 6.42 Å². The molecule has 0 bridgehead atoms. The summed E-state index contributed by atoms with van der Waals surface area (Å²) in [7, 11) is 1.49. The van der Waals surface area contributed by atoms with Crippen LogP contribution in [0.4, 0.5) is 0 Å². The fourth-order valence-corrected chi connectivity index (χ4v) is 3.42. The van der Waals surface area contributed by atoms with E-state index >= 15 is 0 Å². The Bertz CT molecular complexity index is 896. The molecule has 24 heavy (non-hydrogen) atoms. The molecule has 1 unspecified atom stereocenters. The first-order valence-electron chi connectivity index (χ1n) is 7.90. The lowest BCUT2D eigenvalue weighted by atomic mass is 9.88. The van der Waals surface area contributed by atoms with Gasteiger partial charge in [0.15, 0.2) is 0 Å². The molecule has 1 saturated carbocycles. The van der Waals surface area contributed by atoms with Crippen LogP contribution in [0.15, 0.2) is 46.1 Å². The van der Waals surface area contributed by atoms with Crippen molar-refractivity contribution in [3.8, 4) is 0 Å². The number of nitrogens with one attached hydrogen (secondary N) is 2. The van der Waals surface area contributed by atoms with Crippen LogP contribution >= 0.6 is 0 Å². The van der Waals surface area contributed by atoms with Gasteiger partial charge in [-0.3, -0.25) is 14.6 Å². The molecule has 0 radical (unpaired) electrons. The van der Waals surface area contributed by atoms with Crippen LogP contribution in [0.3, 0.4) is 0 Å². The van der Waals surface area contributed by atoms with E-state index < -0.39 is 17.2 Å². The topological polar surface area (TPSA) is 84.0 Å². The normalized spacial score (nSPS) is 21.3. The second-order valence-electron chi connectivity index (χ2n) is 7.10. The quantitative estimate of drug-likeness (QED) is 0.884. The lowest BCUT2D eigenvalue weighted by Crippen LogP contribution is -2.39. The number of hydrogen-bond acceptors (Lipinski definition) is 3. The first-order valence-corrected chi connectivity index (χ1v) is 7.90. The summed E-state index contributed by atoms with van der Waals surface area (Å²) in [5.74, 6) is -0.468. The van der Waals surface area contributed by atoms with Crippen LogP contribution in [0.5, 0.6) is 0 Å². The minimum Gasteiger partial charge on any atom is -0.351 e. The molecular formula is C18H21N3O3. The molecule has 6 nitrogen and oxygen atoms in total. The van der Waals surface area contributed by atoms with Crippen molar-refractivity contribution < 1.29 is 4.79 Å². The van der Waals surface area contributed by atoms with Crippen LogP contribution in [0.1, 0.15) is 36.2 Å². The number of aromatic amines is 1. The van der Waals surface area contributed by atoms with Gasteiger partial charge >= 0.3 is 5.69 Å². The Morgan fingerprint density at radius 3 is 2.46 bits per heavy atom. The van der Waals surface area contributed by atoms with Gasteiger partial charge in [0.1, 0.15) is 5.56 Å². The van der Waals surface area contributed by atoms with E-state index in [0.29, 0.717) is 6.54 Å². The molecule has 3 rings (SSSR count). The standard InChI is InChI=1S/C18H21N3O3/c1-17(2)10-18(17,12-7-5-4-6-8-12)11-19-14(22)13-9-21(3)16(24)20-15(13)23/h4-9H,10-11H2,1-3H3,(H,19,22)(H,20,23,24). The summed E-state index contributed by atoms with van der Waals surface area (Å²) in [5.41, 5.74) is -0.127. The molecule has 0 saturated heterocycles. The van der Waals surface area contributed by atoms with Crippen molar-refractivity contribution in [3.63, 3.8) is 0 Å². The van der Waals surface area contributed by atoms with E-state index in [2.05, 4.69) is 36.3 Å². The van der Waals surface area contributed by atoms with E-state index in [-0.39, 0.29) is 16.4 Å². The molecule has 1 aromatic carbocycles. The maximum Gasteiger partial charge on any atom is 0.328 e. The second kappa shape index (κ2) is 5.47. The van der Waals surface area contributed by atoms with Gasteiger partial charge in [0.25, 0.3) is 11.5 Å². The third kappa shape index (κ3) is 2.58. The maximum absolute atomic E-state index is 12.4. The van der Waals surface area contributed by atoms with Crippen molar-refractivity contribution in [2.75, 3.05) is 6.54 Å². The average Bonchev–Trinajstić information content (AvgIpc) is 3.12.